The molecule has 0 saturated carbocycles. The van der Waals surface area contributed by atoms with Crippen LogP contribution in [0.25, 0.3) is 10.8 Å². The lowest BCUT2D eigenvalue weighted by Crippen LogP contribution is -2.36. The summed E-state index contributed by atoms with van der Waals surface area (Å²) in [6.07, 6.45) is 2.56. The van der Waals surface area contributed by atoms with Crippen LogP contribution in [-0.4, -0.2) is 6.61 Å². The largest absolute Gasteiger partial charge is 0.377 e. The summed E-state index contributed by atoms with van der Waals surface area (Å²) in [6.45, 7) is 0.870. The van der Waals surface area contributed by atoms with Gasteiger partial charge in [0.25, 0.3) is 0 Å². The molecule has 2 heterocycles. The summed E-state index contributed by atoms with van der Waals surface area (Å²) in [5.41, 5.74) is 3.94. The standard InChI is InChI=1S/C22H21NO/c1-2-8-16(9-3-1)20-18-11-6-14-24-22(18)19-13-12-15-7-4-5-10-17(15)21(19)23-20/h1-5,7-10,12-13,18,20,22-23H,6,11,14H2/t18-,20+,22-/m0/s1. The molecular formula is C22H21NO. The Hall–Kier alpha value is -2.32. The van der Waals surface area contributed by atoms with Crippen molar-refractivity contribution in [3.8, 4) is 0 Å². The number of anilines is 1. The predicted molar refractivity (Wildman–Crippen MR) is 98.2 cm³/mol. The minimum Gasteiger partial charge on any atom is -0.377 e. The number of hydrogen-bond donors (Lipinski definition) is 1. The van der Waals surface area contributed by atoms with Gasteiger partial charge < -0.3 is 10.1 Å². The van der Waals surface area contributed by atoms with Gasteiger partial charge in [-0.1, -0.05) is 66.7 Å². The molecule has 0 aromatic heterocycles. The van der Waals surface area contributed by atoms with Crippen molar-refractivity contribution in [1.29, 1.82) is 0 Å². The Bertz CT molecular complexity index is 874. The summed E-state index contributed by atoms with van der Waals surface area (Å²) in [5, 5.41) is 6.45. The summed E-state index contributed by atoms with van der Waals surface area (Å²) >= 11 is 0. The molecule has 1 saturated heterocycles. The molecule has 3 aromatic carbocycles. The third kappa shape index (κ3) is 2.14. The molecule has 120 valence electrons. The Balaban J connectivity index is 1.70. The van der Waals surface area contributed by atoms with Crippen molar-refractivity contribution < 1.29 is 4.74 Å². The maximum absolute atomic E-state index is 6.27. The highest BCUT2D eigenvalue weighted by Gasteiger charge is 2.40. The van der Waals surface area contributed by atoms with Crippen LogP contribution in [0.4, 0.5) is 5.69 Å². The highest BCUT2D eigenvalue weighted by Crippen LogP contribution is 2.50. The van der Waals surface area contributed by atoms with Crippen molar-refractivity contribution >= 4 is 16.5 Å². The zero-order valence-corrected chi connectivity index (χ0v) is 13.6. The molecule has 0 aliphatic carbocycles. The van der Waals surface area contributed by atoms with Gasteiger partial charge in [-0.15, -0.1) is 0 Å². The minimum atomic E-state index is 0.199. The topological polar surface area (TPSA) is 21.3 Å². The number of nitrogens with one attached hydrogen (secondary N) is 1. The first kappa shape index (κ1) is 14.1. The maximum Gasteiger partial charge on any atom is 0.0896 e. The Kier molecular flexibility index (Phi) is 3.30. The van der Waals surface area contributed by atoms with E-state index >= 15 is 0 Å². The van der Waals surface area contributed by atoms with E-state index in [0.29, 0.717) is 12.0 Å². The lowest BCUT2D eigenvalue weighted by Gasteiger charge is -2.43. The molecule has 1 fully saturated rings. The third-order valence-electron chi connectivity index (χ3n) is 5.52. The molecule has 0 spiro atoms. The second kappa shape index (κ2) is 5.64. The van der Waals surface area contributed by atoms with Crippen LogP contribution in [0.2, 0.25) is 0 Å². The van der Waals surface area contributed by atoms with Crippen LogP contribution in [0, 0.1) is 5.92 Å². The number of rotatable bonds is 1. The molecule has 2 nitrogen and oxygen atoms in total. The van der Waals surface area contributed by atoms with Crippen molar-refractivity contribution in [2.45, 2.75) is 25.0 Å². The third-order valence-corrected chi connectivity index (χ3v) is 5.52. The fourth-order valence-corrected chi connectivity index (χ4v) is 4.41. The lowest BCUT2D eigenvalue weighted by atomic mass is 9.77. The molecule has 2 heteroatoms. The van der Waals surface area contributed by atoms with Crippen LogP contribution in [0.3, 0.4) is 0 Å². The molecule has 3 atom stereocenters. The van der Waals surface area contributed by atoms with Gasteiger partial charge in [-0.05, 0) is 23.8 Å². The van der Waals surface area contributed by atoms with Crippen LogP contribution in [0.15, 0.2) is 66.7 Å². The zero-order chi connectivity index (χ0) is 15.9. The molecule has 5 rings (SSSR count). The molecule has 2 aliphatic rings. The fourth-order valence-electron chi connectivity index (χ4n) is 4.41. The summed E-state index contributed by atoms with van der Waals surface area (Å²) in [4.78, 5) is 0. The molecule has 0 amide bonds. The van der Waals surface area contributed by atoms with Gasteiger partial charge in [0.1, 0.15) is 0 Å². The van der Waals surface area contributed by atoms with Gasteiger partial charge in [-0.3, -0.25) is 0 Å². The normalized spacial score (nSPS) is 25.6. The first-order valence-corrected chi connectivity index (χ1v) is 8.86. The van der Waals surface area contributed by atoms with Crippen molar-refractivity contribution in [2.24, 2.45) is 5.92 Å². The molecule has 0 radical (unpaired) electrons. The van der Waals surface area contributed by atoms with Gasteiger partial charge in [-0.2, -0.15) is 0 Å². The Morgan fingerprint density at radius 2 is 1.71 bits per heavy atom. The molecule has 3 aromatic rings. The average molecular weight is 315 g/mol. The van der Waals surface area contributed by atoms with Crippen LogP contribution in [0.5, 0.6) is 0 Å². The predicted octanol–water partition coefficient (Wildman–Crippen LogP) is 5.47. The zero-order valence-electron chi connectivity index (χ0n) is 13.6. The molecule has 1 N–H and O–H groups in total. The van der Waals surface area contributed by atoms with E-state index in [2.05, 4.69) is 72.0 Å². The average Bonchev–Trinajstić information content (AvgIpc) is 2.67. The minimum absolute atomic E-state index is 0.199. The van der Waals surface area contributed by atoms with Crippen molar-refractivity contribution in [3.05, 3.63) is 77.9 Å². The van der Waals surface area contributed by atoms with Crippen molar-refractivity contribution in [3.63, 3.8) is 0 Å². The van der Waals surface area contributed by atoms with Crippen LogP contribution < -0.4 is 5.32 Å². The quantitative estimate of drug-likeness (QED) is 0.642. The van der Waals surface area contributed by atoms with E-state index in [1.165, 1.54) is 34.0 Å². The fraction of sp³-hybridized carbons (Fsp3) is 0.273. The van der Waals surface area contributed by atoms with E-state index < -0.39 is 0 Å². The van der Waals surface area contributed by atoms with E-state index in [4.69, 9.17) is 4.74 Å². The summed E-state index contributed by atoms with van der Waals surface area (Å²) in [5.74, 6) is 0.495. The summed E-state index contributed by atoms with van der Waals surface area (Å²) < 4.78 is 6.27. The maximum atomic E-state index is 6.27. The number of ether oxygens (including phenoxy) is 1. The Labute approximate surface area is 142 Å². The van der Waals surface area contributed by atoms with Crippen LogP contribution in [-0.2, 0) is 4.74 Å². The van der Waals surface area contributed by atoms with Gasteiger partial charge in [0.2, 0.25) is 0 Å². The van der Waals surface area contributed by atoms with Crippen LogP contribution in [0.1, 0.15) is 36.1 Å². The second-order valence-electron chi connectivity index (χ2n) is 6.88. The first-order chi connectivity index (χ1) is 11.9. The van der Waals surface area contributed by atoms with Gasteiger partial charge in [0.05, 0.1) is 12.1 Å². The highest BCUT2D eigenvalue weighted by molar-refractivity contribution is 5.96. The molecule has 0 bridgehead atoms. The smallest absolute Gasteiger partial charge is 0.0896 e. The molecule has 0 unspecified atom stereocenters. The van der Waals surface area contributed by atoms with E-state index in [1.807, 2.05) is 0 Å². The number of benzene rings is 3. The van der Waals surface area contributed by atoms with E-state index in [1.54, 1.807) is 0 Å². The van der Waals surface area contributed by atoms with E-state index in [9.17, 15) is 0 Å². The second-order valence-corrected chi connectivity index (χ2v) is 6.88. The van der Waals surface area contributed by atoms with E-state index in [-0.39, 0.29) is 6.10 Å². The number of fused-ring (bicyclic) bond motifs is 5. The Morgan fingerprint density at radius 1 is 0.875 bits per heavy atom. The van der Waals surface area contributed by atoms with Gasteiger partial charge >= 0.3 is 0 Å². The summed E-state index contributed by atoms with van der Waals surface area (Å²) in [7, 11) is 0. The van der Waals surface area contributed by atoms with Gasteiger partial charge in [0, 0.05) is 29.2 Å². The van der Waals surface area contributed by atoms with Gasteiger partial charge in [0.15, 0.2) is 0 Å². The summed E-state index contributed by atoms with van der Waals surface area (Å²) in [6, 6.07) is 24.3. The SMILES string of the molecule is c1ccc([C@H]2Nc3c(ccc4ccccc34)[C@H]3OCCC[C@@H]23)cc1. The Morgan fingerprint density at radius 3 is 2.62 bits per heavy atom. The van der Waals surface area contributed by atoms with Gasteiger partial charge in [-0.25, -0.2) is 0 Å². The lowest BCUT2D eigenvalue weighted by molar-refractivity contribution is -0.0380. The molecule has 2 aliphatic heterocycles. The molecule has 24 heavy (non-hydrogen) atoms. The number of hydrogen-bond acceptors (Lipinski definition) is 2. The van der Waals surface area contributed by atoms with Crippen molar-refractivity contribution in [1.82, 2.24) is 0 Å². The van der Waals surface area contributed by atoms with E-state index in [0.717, 1.165) is 13.0 Å². The van der Waals surface area contributed by atoms with Crippen LogP contribution >= 0.6 is 0 Å². The molecular weight excluding hydrogens is 294 g/mol. The van der Waals surface area contributed by atoms with Crippen molar-refractivity contribution in [2.75, 3.05) is 11.9 Å². The highest BCUT2D eigenvalue weighted by atomic mass is 16.5. The monoisotopic (exact) mass is 315 g/mol. The first-order valence-electron chi connectivity index (χ1n) is 8.86.